The van der Waals surface area contributed by atoms with Gasteiger partial charge in [-0.25, -0.2) is 4.79 Å². The van der Waals surface area contributed by atoms with E-state index in [0.29, 0.717) is 17.8 Å². The first-order chi connectivity index (χ1) is 10.00. The van der Waals surface area contributed by atoms with Crippen LogP contribution in [0.25, 0.3) is 0 Å². The van der Waals surface area contributed by atoms with Gasteiger partial charge in [0.25, 0.3) is 0 Å². The summed E-state index contributed by atoms with van der Waals surface area (Å²) < 4.78 is 0. The van der Waals surface area contributed by atoms with Gasteiger partial charge < -0.3 is 16.2 Å². The van der Waals surface area contributed by atoms with E-state index in [1.165, 1.54) is 6.07 Å². The molecule has 0 unspecified atom stereocenters. The topological polar surface area (TPSA) is 92.4 Å². The minimum Gasteiger partial charge on any atom is -0.478 e. The summed E-state index contributed by atoms with van der Waals surface area (Å²) in [5.74, 6) is -1.08. The Morgan fingerprint density at radius 3 is 2.52 bits per heavy atom. The molecule has 5 nitrogen and oxygen atoms in total. The predicted molar refractivity (Wildman–Crippen MR) is 81.3 cm³/mol. The number of carbonyl (C=O) groups is 2. The van der Waals surface area contributed by atoms with E-state index in [-0.39, 0.29) is 11.5 Å². The van der Waals surface area contributed by atoms with E-state index < -0.39 is 11.4 Å². The van der Waals surface area contributed by atoms with Gasteiger partial charge in [0.05, 0.1) is 11.0 Å². The lowest BCUT2D eigenvalue weighted by atomic mass is 9.73. The van der Waals surface area contributed by atoms with Crippen molar-refractivity contribution in [3.8, 4) is 0 Å². The van der Waals surface area contributed by atoms with Crippen molar-refractivity contribution in [2.45, 2.75) is 39.0 Å². The van der Waals surface area contributed by atoms with E-state index in [1.807, 2.05) is 0 Å². The molecule has 21 heavy (non-hydrogen) atoms. The molecule has 0 aromatic heterocycles. The molecule has 114 valence electrons. The van der Waals surface area contributed by atoms with Crippen molar-refractivity contribution in [1.82, 2.24) is 0 Å². The standard InChI is InChI=1S/C16H22N2O3/c1-11-12(14(19)20)6-5-7-13(11)18-15(21)16(10-17)8-3-2-4-9-16/h5-7H,2-4,8-10,17H2,1H3,(H,18,21)(H,19,20). The number of amides is 1. The molecule has 0 aliphatic heterocycles. The maximum absolute atomic E-state index is 12.6. The Morgan fingerprint density at radius 1 is 1.29 bits per heavy atom. The Bertz CT molecular complexity index is 548. The molecular formula is C16H22N2O3. The lowest BCUT2D eigenvalue weighted by Gasteiger charge is -2.34. The molecule has 1 amide bonds. The maximum Gasteiger partial charge on any atom is 0.336 e. The van der Waals surface area contributed by atoms with Gasteiger partial charge in [0.15, 0.2) is 0 Å². The Hall–Kier alpha value is -1.88. The Labute approximate surface area is 124 Å². The first-order valence-electron chi connectivity index (χ1n) is 7.34. The number of carboxylic acid groups (broad SMARTS) is 1. The van der Waals surface area contributed by atoms with E-state index in [2.05, 4.69) is 5.32 Å². The minimum atomic E-state index is -0.991. The van der Waals surface area contributed by atoms with Crippen molar-refractivity contribution in [2.24, 2.45) is 11.1 Å². The molecule has 0 atom stereocenters. The van der Waals surface area contributed by atoms with Crippen LogP contribution in [0.5, 0.6) is 0 Å². The first-order valence-corrected chi connectivity index (χ1v) is 7.34. The molecule has 0 bridgehead atoms. The number of aromatic carboxylic acids is 1. The molecule has 1 saturated carbocycles. The number of nitrogens with one attached hydrogen (secondary N) is 1. The van der Waals surface area contributed by atoms with Gasteiger partial charge in [-0.05, 0) is 37.5 Å². The van der Waals surface area contributed by atoms with Gasteiger partial charge in [-0.2, -0.15) is 0 Å². The number of nitrogens with two attached hydrogens (primary N) is 1. The molecule has 4 N–H and O–H groups in total. The van der Waals surface area contributed by atoms with E-state index in [1.54, 1.807) is 19.1 Å². The summed E-state index contributed by atoms with van der Waals surface area (Å²) in [4.78, 5) is 23.8. The minimum absolute atomic E-state index is 0.0876. The highest BCUT2D eigenvalue weighted by Gasteiger charge is 2.38. The fraction of sp³-hybridized carbons (Fsp3) is 0.500. The Morgan fingerprint density at radius 2 is 1.95 bits per heavy atom. The number of carbonyl (C=O) groups excluding carboxylic acids is 1. The highest BCUT2D eigenvalue weighted by Crippen LogP contribution is 2.36. The second-order valence-corrected chi connectivity index (χ2v) is 5.78. The molecule has 0 radical (unpaired) electrons. The summed E-state index contributed by atoms with van der Waals surface area (Å²) in [5, 5.41) is 12.0. The van der Waals surface area contributed by atoms with Crippen LogP contribution in [0.3, 0.4) is 0 Å². The average Bonchev–Trinajstić information content (AvgIpc) is 2.49. The van der Waals surface area contributed by atoms with E-state index in [4.69, 9.17) is 10.8 Å². The number of rotatable bonds is 4. The van der Waals surface area contributed by atoms with Crippen LogP contribution >= 0.6 is 0 Å². The van der Waals surface area contributed by atoms with Crippen molar-refractivity contribution in [1.29, 1.82) is 0 Å². The molecular weight excluding hydrogens is 268 g/mol. The fourth-order valence-corrected chi connectivity index (χ4v) is 3.01. The van der Waals surface area contributed by atoms with Crippen molar-refractivity contribution >= 4 is 17.6 Å². The lowest BCUT2D eigenvalue weighted by molar-refractivity contribution is -0.126. The molecule has 1 aromatic carbocycles. The smallest absolute Gasteiger partial charge is 0.336 e. The largest absolute Gasteiger partial charge is 0.478 e. The molecule has 0 heterocycles. The molecule has 1 aliphatic carbocycles. The third kappa shape index (κ3) is 3.08. The third-order valence-electron chi connectivity index (χ3n) is 4.50. The van der Waals surface area contributed by atoms with Crippen LogP contribution in [-0.2, 0) is 4.79 Å². The second kappa shape index (κ2) is 6.26. The number of benzene rings is 1. The molecule has 0 saturated heterocycles. The first kappa shape index (κ1) is 15.5. The van der Waals surface area contributed by atoms with Crippen LogP contribution < -0.4 is 11.1 Å². The second-order valence-electron chi connectivity index (χ2n) is 5.78. The van der Waals surface area contributed by atoms with Gasteiger partial charge in [0.1, 0.15) is 0 Å². The molecule has 2 rings (SSSR count). The van der Waals surface area contributed by atoms with Crippen LogP contribution in [0.15, 0.2) is 18.2 Å². The Balaban J connectivity index is 2.23. The van der Waals surface area contributed by atoms with Crippen LogP contribution in [0, 0.1) is 12.3 Å². The monoisotopic (exact) mass is 290 g/mol. The van der Waals surface area contributed by atoms with Crippen molar-refractivity contribution < 1.29 is 14.7 Å². The summed E-state index contributed by atoms with van der Waals surface area (Å²) in [6, 6.07) is 4.90. The fourth-order valence-electron chi connectivity index (χ4n) is 3.01. The number of anilines is 1. The zero-order valence-electron chi connectivity index (χ0n) is 12.3. The zero-order valence-corrected chi connectivity index (χ0v) is 12.3. The van der Waals surface area contributed by atoms with Gasteiger partial charge in [0, 0.05) is 12.2 Å². The third-order valence-corrected chi connectivity index (χ3v) is 4.50. The molecule has 1 aliphatic rings. The molecule has 0 spiro atoms. The number of hydrogen-bond donors (Lipinski definition) is 3. The predicted octanol–water partition coefficient (Wildman–Crippen LogP) is 2.54. The van der Waals surface area contributed by atoms with Crippen molar-refractivity contribution in [3.63, 3.8) is 0 Å². The number of carboxylic acids is 1. The molecule has 1 fully saturated rings. The van der Waals surface area contributed by atoms with Gasteiger partial charge in [-0.3, -0.25) is 4.79 Å². The summed E-state index contributed by atoms with van der Waals surface area (Å²) in [5.41, 5.74) is 6.68. The van der Waals surface area contributed by atoms with Crippen LogP contribution in [-0.4, -0.2) is 23.5 Å². The van der Waals surface area contributed by atoms with Crippen LogP contribution in [0.1, 0.15) is 48.0 Å². The summed E-state index contributed by atoms with van der Waals surface area (Å²) in [7, 11) is 0. The summed E-state index contributed by atoms with van der Waals surface area (Å²) in [6.45, 7) is 2.03. The highest BCUT2D eigenvalue weighted by atomic mass is 16.4. The van der Waals surface area contributed by atoms with Crippen LogP contribution in [0.4, 0.5) is 5.69 Å². The summed E-state index contributed by atoms with van der Waals surface area (Å²) >= 11 is 0. The van der Waals surface area contributed by atoms with Gasteiger partial charge in [0.2, 0.25) is 5.91 Å². The SMILES string of the molecule is Cc1c(NC(=O)C2(CN)CCCCC2)cccc1C(=O)O. The quantitative estimate of drug-likeness (QED) is 0.794. The van der Waals surface area contributed by atoms with Gasteiger partial charge >= 0.3 is 5.97 Å². The normalized spacial score (nSPS) is 17.2. The highest BCUT2D eigenvalue weighted by molar-refractivity contribution is 5.98. The maximum atomic E-state index is 12.6. The van der Waals surface area contributed by atoms with E-state index >= 15 is 0 Å². The molecule has 1 aromatic rings. The number of hydrogen-bond acceptors (Lipinski definition) is 3. The van der Waals surface area contributed by atoms with Crippen LogP contribution in [0.2, 0.25) is 0 Å². The lowest BCUT2D eigenvalue weighted by Crippen LogP contribution is -2.44. The van der Waals surface area contributed by atoms with Crippen molar-refractivity contribution in [2.75, 3.05) is 11.9 Å². The summed E-state index contributed by atoms with van der Waals surface area (Å²) in [6.07, 6.45) is 4.76. The Kier molecular flexibility index (Phi) is 4.63. The van der Waals surface area contributed by atoms with Gasteiger partial charge in [-0.15, -0.1) is 0 Å². The van der Waals surface area contributed by atoms with E-state index in [0.717, 1.165) is 32.1 Å². The zero-order chi connectivity index (χ0) is 15.5. The van der Waals surface area contributed by atoms with E-state index in [9.17, 15) is 9.59 Å². The molecule has 5 heteroatoms. The van der Waals surface area contributed by atoms with Gasteiger partial charge in [-0.1, -0.05) is 25.3 Å². The average molecular weight is 290 g/mol. The van der Waals surface area contributed by atoms with Crippen molar-refractivity contribution in [3.05, 3.63) is 29.3 Å².